The van der Waals surface area contributed by atoms with Crippen LogP contribution in [0.1, 0.15) is 25.6 Å². The van der Waals surface area contributed by atoms with E-state index in [1.807, 2.05) is 12.1 Å². The average Bonchev–Trinajstić information content (AvgIpc) is 2.84. The number of carboxylic acids is 1. The van der Waals surface area contributed by atoms with Crippen molar-refractivity contribution in [3.05, 3.63) is 56.2 Å². The predicted octanol–water partition coefficient (Wildman–Crippen LogP) is 3.18. The zero-order valence-electron chi connectivity index (χ0n) is 10.4. The van der Waals surface area contributed by atoms with Crippen LogP contribution in [0.15, 0.2) is 40.2 Å². The van der Waals surface area contributed by atoms with Gasteiger partial charge in [-0.3, -0.25) is 4.79 Å². The van der Waals surface area contributed by atoms with E-state index >= 15 is 0 Å². The average molecular weight is 354 g/mol. The van der Waals surface area contributed by atoms with Crippen molar-refractivity contribution in [3.63, 3.8) is 0 Å². The standard InChI is InChI=1S/C14H12BrNO3S/c15-12-6-5-9(20-12)7-8-16-13(17)10-3-1-2-4-11(10)14(18)19/h1-6H,7-8H2,(H,16,17)(H,18,19). The van der Waals surface area contributed by atoms with E-state index in [9.17, 15) is 9.59 Å². The normalized spacial score (nSPS) is 10.2. The van der Waals surface area contributed by atoms with Gasteiger partial charge in [0.15, 0.2) is 0 Å². The van der Waals surface area contributed by atoms with Crippen LogP contribution < -0.4 is 5.32 Å². The van der Waals surface area contributed by atoms with Crippen molar-refractivity contribution in [1.82, 2.24) is 5.32 Å². The van der Waals surface area contributed by atoms with E-state index in [0.29, 0.717) is 6.54 Å². The monoisotopic (exact) mass is 353 g/mol. The van der Waals surface area contributed by atoms with Crippen molar-refractivity contribution in [2.24, 2.45) is 0 Å². The topological polar surface area (TPSA) is 66.4 Å². The van der Waals surface area contributed by atoms with Crippen molar-refractivity contribution < 1.29 is 14.7 Å². The molecule has 104 valence electrons. The molecule has 2 N–H and O–H groups in total. The van der Waals surface area contributed by atoms with Gasteiger partial charge < -0.3 is 10.4 Å². The third kappa shape index (κ3) is 3.68. The number of hydrogen-bond donors (Lipinski definition) is 2. The van der Waals surface area contributed by atoms with Crippen molar-refractivity contribution >= 4 is 39.1 Å². The van der Waals surface area contributed by atoms with Gasteiger partial charge in [-0.2, -0.15) is 0 Å². The van der Waals surface area contributed by atoms with Crippen molar-refractivity contribution in [2.45, 2.75) is 6.42 Å². The molecular weight excluding hydrogens is 342 g/mol. The highest BCUT2D eigenvalue weighted by molar-refractivity contribution is 9.11. The summed E-state index contributed by atoms with van der Waals surface area (Å²) in [5.41, 5.74) is 0.205. The Hall–Kier alpha value is -1.66. The summed E-state index contributed by atoms with van der Waals surface area (Å²) in [4.78, 5) is 24.2. The number of halogens is 1. The van der Waals surface area contributed by atoms with Gasteiger partial charge in [0.25, 0.3) is 5.91 Å². The summed E-state index contributed by atoms with van der Waals surface area (Å²) in [7, 11) is 0. The van der Waals surface area contributed by atoms with Gasteiger partial charge >= 0.3 is 5.97 Å². The summed E-state index contributed by atoms with van der Waals surface area (Å²) >= 11 is 5.00. The number of nitrogens with one attached hydrogen (secondary N) is 1. The molecule has 4 nitrogen and oxygen atoms in total. The van der Waals surface area contributed by atoms with E-state index in [-0.39, 0.29) is 17.0 Å². The van der Waals surface area contributed by atoms with E-state index in [2.05, 4.69) is 21.2 Å². The quantitative estimate of drug-likeness (QED) is 0.867. The van der Waals surface area contributed by atoms with E-state index in [1.165, 1.54) is 12.1 Å². The Balaban J connectivity index is 1.97. The molecule has 1 amide bonds. The van der Waals surface area contributed by atoms with Crippen LogP contribution in [0.4, 0.5) is 0 Å². The number of carbonyl (C=O) groups is 2. The number of benzene rings is 1. The molecule has 20 heavy (non-hydrogen) atoms. The van der Waals surface area contributed by atoms with Crippen LogP contribution in [0.5, 0.6) is 0 Å². The molecule has 0 unspecified atom stereocenters. The number of thiophene rings is 1. The Morgan fingerprint density at radius 2 is 1.85 bits per heavy atom. The largest absolute Gasteiger partial charge is 0.478 e. The van der Waals surface area contributed by atoms with Gasteiger partial charge in [-0.25, -0.2) is 4.79 Å². The number of carboxylic acid groups (broad SMARTS) is 1. The summed E-state index contributed by atoms with van der Waals surface area (Å²) in [6.07, 6.45) is 0.719. The minimum absolute atomic E-state index is 0.0175. The van der Waals surface area contributed by atoms with Crippen molar-refractivity contribution in [2.75, 3.05) is 6.54 Å². The maximum atomic E-state index is 12.0. The molecule has 0 radical (unpaired) electrons. The molecule has 0 aliphatic carbocycles. The highest BCUT2D eigenvalue weighted by Gasteiger charge is 2.15. The van der Waals surface area contributed by atoms with Gasteiger partial charge in [-0.1, -0.05) is 12.1 Å². The maximum absolute atomic E-state index is 12.0. The third-order valence-electron chi connectivity index (χ3n) is 2.69. The second kappa shape index (κ2) is 6.67. The van der Waals surface area contributed by atoms with Crippen molar-refractivity contribution in [3.8, 4) is 0 Å². The van der Waals surface area contributed by atoms with Gasteiger partial charge in [0.1, 0.15) is 0 Å². The molecule has 1 aromatic carbocycles. The molecule has 0 atom stereocenters. The zero-order valence-corrected chi connectivity index (χ0v) is 12.8. The van der Waals surface area contributed by atoms with Crippen LogP contribution in [-0.4, -0.2) is 23.5 Å². The molecule has 0 bridgehead atoms. The summed E-state index contributed by atoms with van der Waals surface area (Å²) in [5.74, 6) is -1.46. The Morgan fingerprint density at radius 1 is 1.15 bits per heavy atom. The molecule has 1 aromatic heterocycles. The van der Waals surface area contributed by atoms with Gasteiger partial charge in [0.05, 0.1) is 14.9 Å². The van der Waals surface area contributed by atoms with Crippen molar-refractivity contribution in [1.29, 1.82) is 0 Å². The van der Waals surface area contributed by atoms with Gasteiger partial charge in [0, 0.05) is 11.4 Å². The first-order valence-corrected chi connectivity index (χ1v) is 7.53. The molecule has 0 saturated heterocycles. The van der Waals surface area contributed by atoms with Crippen LogP contribution in [0.3, 0.4) is 0 Å². The molecule has 2 aromatic rings. The van der Waals surface area contributed by atoms with E-state index in [0.717, 1.165) is 15.1 Å². The fourth-order valence-electron chi connectivity index (χ4n) is 1.75. The van der Waals surface area contributed by atoms with Gasteiger partial charge in [-0.15, -0.1) is 11.3 Å². The highest BCUT2D eigenvalue weighted by atomic mass is 79.9. The lowest BCUT2D eigenvalue weighted by Gasteiger charge is -2.07. The van der Waals surface area contributed by atoms with Crippen LogP contribution in [0, 0.1) is 0 Å². The molecular formula is C14H12BrNO3S. The SMILES string of the molecule is O=C(O)c1ccccc1C(=O)NCCc1ccc(Br)s1. The summed E-state index contributed by atoms with van der Waals surface area (Å²) in [6.45, 7) is 0.472. The first-order chi connectivity index (χ1) is 9.58. The number of rotatable bonds is 5. The van der Waals surface area contributed by atoms with Crippen LogP contribution in [0.25, 0.3) is 0 Å². The van der Waals surface area contributed by atoms with E-state index in [1.54, 1.807) is 23.5 Å². The highest BCUT2D eigenvalue weighted by Crippen LogP contribution is 2.22. The molecule has 0 saturated carbocycles. The molecule has 1 heterocycles. The zero-order chi connectivity index (χ0) is 14.5. The Morgan fingerprint density at radius 3 is 2.45 bits per heavy atom. The Labute approximate surface area is 128 Å². The number of aromatic carboxylic acids is 1. The van der Waals surface area contributed by atoms with Gasteiger partial charge in [-0.05, 0) is 46.6 Å². The third-order valence-corrected chi connectivity index (χ3v) is 4.37. The number of carbonyl (C=O) groups excluding carboxylic acids is 1. The smallest absolute Gasteiger partial charge is 0.336 e. The fourth-order valence-corrected chi connectivity index (χ4v) is 3.23. The van der Waals surface area contributed by atoms with Crippen LogP contribution in [0.2, 0.25) is 0 Å². The lowest BCUT2D eigenvalue weighted by Crippen LogP contribution is -2.27. The second-order valence-corrected chi connectivity index (χ2v) is 6.61. The molecule has 0 aliphatic rings. The second-order valence-electron chi connectivity index (χ2n) is 4.06. The summed E-state index contributed by atoms with van der Waals surface area (Å²) in [5, 5.41) is 11.8. The van der Waals surface area contributed by atoms with Gasteiger partial charge in [0.2, 0.25) is 0 Å². The fraction of sp³-hybridized carbons (Fsp3) is 0.143. The van der Waals surface area contributed by atoms with Crippen LogP contribution in [-0.2, 0) is 6.42 Å². The molecule has 0 aliphatic heterocycles. The number of hydrogen-bond acceptors (Lipinski definition) is 3. The summed E-state index contributed by atoms with van der Waals surface area (Å²) in [6, 6.07) is 10.1. The number of amides is 1. The summed E-state index contributed by atoms with van der Waals surface area (Å²) < 4.78 is 1.05. The first-order valence-electron chi connectivity index (χ1n) is 5.92. The molecule has 6 heteroatoms. The van der Waals surface area contributed by atoms with Crippen LogP contribution >= 0.6 is 27.3 Å². The first kappa shape index (κ1) is 14.7. The minimum Gasteiger partial charge on any atom is -0.478 e. The molecule has 0 spiro atoms. The lowest BCUT2D eigenvalue weighted by atomic mass is 10.1. The maximum Gasteiger partial charge on any atom is 0.336 e. The Kier molecular flexibility index (Phi) is 4.92. The molecule has 0 fully saturated rings. The minimum atomic E-state index is -1.10. The molecule has 2 rings (SSSR count). The lowest BCUT2D eigenvalue weighted by molar-refractivity contribution is 0.0691. The Bertz CT molecular complexity index is 639. The van der Waals surface area contributed by atoms with E-state index in [4.69, 9.17) is 5.11 Å². The van der Waals surface area contributed by atoms with E-state index < -0.39 is 5.97 Å². The predicted molar refractivity (Wildman–Crippen MR) is 81.5 cm³/mol.